The van der Waals surface area contributed by atoms with Crippen LogP contribution in [0.2, 0.25) is 0 Å². The van der Waals surface area contributed by atoms with Crippen molar-refractivity contribution < 1.29 is 0 Å². The van der Waals surface area contributed by atoms with Crippen molar-refractivity contribution in [1.29, 1.82) is 0 Å². The standard InChI is InChI=1S/C34H31NS/c1-24-14-19-33(36-24)27-15-17-29-30-18-16-28(21-32(30)34(2,3)31(29)20-27)35(22-25-10-6-4-7-11-25)23-26-12-8-5-9-13-26/h4-21H,22-23H2,1-3H3. The van der Waals surface area contributed by atoms with E-state index in [9.17, 15) is 0 Å². The van der Waals surface area contributed by atoms with Gasteiger partial charge in [-0.25, -0.2) is 0 Å². The molecule has 178 valence electrons. The number of nitrogens with zero attached hydrogens (tertiary/aromatic N) is 1. The fourth-order valence-corrected chi connectivity index (χ4v) is 6.38. The molecule has 0 atom stereocenters. The Balaban J connectivity index is 1.39. The lowest BCUT2D eigenvalue weighted by molar-refractivity contribution is 0.659. The smallest absolute Gasteiger partial charge is 0.0433 e. The van der Waals surface area contributed by atoms with E-state index in [1.165, 1.54) is 54.4 Å². The Morgan fingerprint density at radius 3 is 1.81 bits per heavy atom. The molecule has 36 heavy (non-hydrogen) atoms. The van der Waals surface area contributed by atoms with Crippen molar-refractivity contribution in [1.82, 2.24) is 0 Å². The van der Waals surface area contributed by atoms with Gasteiger partial charge in [-0.2, -0.15) is 0 Å². The average Bonchev–Trinajstić information content (AvgIpc) is 3.43. The largest absolute Gasteiger partial charge is 0.363 e. The van der Waals surface area contributed by atoms with Gasteiger partial charge in [0, 0.05) is 33.9 Å². The van der Waals surface area contributed by atoms with Crippen molar-refractivity contribution >= 4 is 17.0 Å². The van der Waals surface area contributed by atoms with Crippen molar-refractivity contribution in [2.24, 2.45) is 0 Å². The normalized spacial score (nSPS) is 13.3. The molecule has 0 radical (unpaired) electrons. The van der Waals surface area contributed by atoms with E-state index in [0.717, 1.165) is 13.1 Å². The van der Waals surface area contributed by atoms with Crippen LogP contribution >= 0.6 is 11.3 Å². The second-order valence-corrected chi connectivity index (χ2v) is 11.6. The van der Waals surface area contributed by atoms with Gasteiger partial charge < -0.3 is 4.90 Å². The SMILES string of the molecule is Cc1ccc(-c2ccc3c(c2)C(C)(C)c2cc(N(Cc4ccccc4)Cc4ccccc4)ccc2-3)s1. The van der Waals surface area contributed by atoms with Crippen molar-refractivity contribution in [3.8, 4) is 21.6 Å². The number of rotatable bonds is 6. The van der Waals surface area contributed by atoms with E-state index >= 15 is 0 Å². The van der Waals surface area contributed by atoms with Crippen LogP contribution in [0.3, 0.4) is 0 Å². The maximum atomic E-state index is 2.50. The summed E-state index contributed by atoms with van der Waals surface area (Å²) in [5, 5.41) is 0. The van der Waals surface area contributed by atoms with Crippen LogP contribution in [0, 0.1) is 6.92 Å². The summed E-state index contributed by atoms with van der Waals surface area (Å²) >= 11 is 1.87. The van der Waals surface area contributed by atoms with Crippen LogP contribution in [0.5, 0.6) is 0 Å². The maximum Gasteiger partial charge on any atom is 0.0433 e. The monoisotopic (exact) mass is 485 g/mol. The fraction of sp³-hybridized carbons (Fsp3) is 0.176. The summed E-state index contributed by atoms with van der Waals surface area (Å²) in [5.41, 5.74) is 10.8. The van der Waals surface area contributed by atoms with Crippen LogP contribution in [0.15, 0.2) is 109 Å². The van der Waals surface area contributed by atoms with Crippen molar-refractivity contribution in [2.45, 2.75) is 39.3 Å². The topological polar surface area (TPSA) is 3.24 Å². The number of aryl methyl sites for hydroxylation is 1. The van der Waals surface area contributed by atoms with E-state index in [-0.39, 0.29) is 5.41 Å². The Morgan fingerprint density at radius 1 is 0.639 bits per heavy atom. The van der Waals surface area contributed by atoms with Gasteiger partial charge in [0.15, 0.2) is 0 Å². The molecule has 2 heteroatoms. The summed E-state index contributed by atoms with van der Waals surface area (Å²) < 4.78 is 0. The Labute approximate surface area is 218 Å². The first kappa shape index (κ1) is 22.8. The first-order valence-electron chi connectivity index (χ1n) is 12.7. The Hall–Kier alpha value is -3.62. The summed E-state index contributed by atoms with van der Waals surface area (Å²) in [6.45, 7) is 8.69. The summed E-state index contributed by atoms with van der Waals surface area (Å²) in [6, 6.07) is 40.2. The van der Waals surface area contributed by atoms with Gasteiger partial charge >= 0.3 is 0 Å². The van der Waals surface area contributed by atoms with Crippen LogP contribution < -0.4 is 4.90 Å². The second kappa shape index (κ2) is 9.11. The quantitative estimate of drug-likeness (QED) is 0.232. The molecule has 0 amide bonds. The third-order valence-electron chi connectivity index (χ3n) is 7.48. The van der Waals surface area contributed by atoms with Crippen molar-refractivity contribution in [3.05, 3.63) is 136 Å². The molecule has 1 nitrogen and oxygen atoms in total. The van der Waals surface area contributed by atoms with Crippen LogP contribution in [0.1, 0.15) is 41.0 Å². The van der Waals surface area contributed by atoms with E-state index in [0.29, 0.717) is 0 Å². The molecule has 0 saturated heterocycles. The predicted octanol–water partition coefficient (Wildman–Crippen LogP) is 9.24. The average molecular weight is 486 g/mol. The minimum atomic E-state index is -0.0475. The summed E-state index contributed by atoms with van der Waals surface area (Å²) in [6.07, 6.45) is 0. The third-order valence-corrected chi connectivity index (χ3v) is 8.53. The van der Waals surface area contributed by atoms with Gasteiger partial charge in [-0.3, -0.25) is 0 Å². The molecule has 1 aliphatic rings. The highest BCUT2D eigenvalue weighted by Gasteiger charge is 2.36. The molecule has 0 N–H and O–H groups in total. The molecule has 4 aromatic carbocycles. The molecule has 0 saturated carbocycles. The Kier molecular flexibility index (Phi) is 5.78. The molecular weight excluding hydrogens is 454 g/mol. The van der Waals surface area contributed by atoms with Crippen LogP contribution in [-0.4, -0.2) is 0 Å². The number of anilines is 1. The zero-order chi connectivity index (χ0) is 24.7. The first-order chi connectivity index (χ1) is 17.5. The van der Waals surface area contributed by atoms with E-state index in [1.807, 2.05) is 11.3 Å². The molecule has 0 spiro atoms. The van der Waals surface area contributed by atoms with Gasteiger partial charge in [0.1, 0.15) is 0 Å². The molecule has 1 heterocycles. The number of hydrogen-bond acceptors (Lipinski definition) is 2. The summed E-state index contributed by atoms with van der Waals surface area (Å²) in [7, 11) is 0. The minimum Gasteiger partial charge on any atom is -0.363 e. The molecule has 0 bridgehead atoms. The molecule has 6 rings (SSSR count). The van der Waals surface area contributed by atoms with E-state index in [1.54, 1.807) is 0 Å². The van der Waals surface area contributed by atoms with Crippen LogP contribution in [0.4, 0.5) is 5.69 Å². The molecule has 5 aromatic rings. The highest BCUT2D eigenvalue weighted by Crippen LogP contribution is 2.51. The first-order valence-corrected chi connectivity index (χ1v) is 13.5. The molecule has 1 aromatic heterocycles. The third kappa shape index (κ3) is 4.16. The highest BCUT2D eigenvalue weighted by atomic mass is 32.1. The van der Waals surface area contributed by atoms with Crippen molar-refractivity contribution in [2.75, 3.05) is 4.90 Å². The Morgan fingerprint density at radius 2 is 1.22 bits per heavy atom. The number of hydrogen-bond donors (Lipinski definition) is 0. The van der Waals surface area contributed by atoms with E-state index in [4.69, 9.17) is 0 Å². The van der Waals surface area contributed by atoms with Crippen molar-refractivity contribution in [3.63, 3.8) is 0 Å². The lowest BCUT2D eigenvalue weighted by Crippen LogP contribution is -2.23. The van der Waals surface area contributed by atoms with Gasteiger partial charge in [0.25, 0.3) is 0 Å². The van der Waals surface area contributed by atoms with Gasteiger partial charge in [0.2, 0.25) is 0 Å². The van der Waals surface area contributed by atoms with E-state index < -0.39 is 0 Å². The lowest BCUT2D eigenvalue weighted by atomic mass is 9.81. The van der Waals surface area contributed by atoms with Gasteiger partial charge in [-0.15, -0.1) is 11.3 Å². The molecule has 0 unspecified atom stereocenters. The number of fused-ring (bicyclic) bond motifs is 3. The highest BCUT2D eigenvalue weighted by molar-refractivity contribution is 7.15. The summed E-state index contributed by atoms with van der Waals surface area (Å²) in [4.78, 5) is 5.21. The maximum absolute atomic E-state index is 2.50. The zero-order valence-electron chi connectivity index (χ0n) is 21.2. The molecule has 0 fully saturated rings. The van der Waals surface area contributed by atoms with Gasteiger partial charge in [-0.05, 0) is 76.2 Å². The van der Waals surface area contributed by atoms with Gasteiger partial charge in [0.05, 0.1) is 0 Å². The molecule has 0 aliphatic heterocycles. The number of benzene rings is 4. The van der Waals surface area contributed by atoms with E-state index in [2.05, 4.69) is 135 Å². The number of thiophene rings is 1. The molecular formula is C34H31NS. The zero-order valence-corrected chi connectivity index (χ0v) is 22.0. The second-order valence-electron chi connectivity index (χ2n) is 10.4. The van der Waals surface area contributed by atoms with Gasteiger partial charge in [-0.1, -0.05) is 92.7 Å². The predicted molar refractivity (Wildman–Crippen MR) is 155 cm³/mol. The van der Waals surface area contributed by atoms with Crippen LogP contribution in [-0.2, 0) is 18.5 Å². The minimum absolute atomic E-state index is 0.0475. The Bertz CT molecular complexity index is 1470. The van der Waals surface area contributed by atoms with Crippen LogP contribution in [0.25, 0.3) is 21.6 Å². The fourth-order valence-electron chi connectivity index (χ4n) is 5.51. The summed E-state index contributed by atoms with van der Waals surface area (Å²) in [5.74, 6) is 0. The lowest BCUT2D eigenvalue weighted by Gasteiger charge is -2.28. The molecule has 1 aliphatic carbocycles.